The average molecular weight is 309 g/mol. The lowest BCUT2D eigenvalue weighted by Crippen LogP contribution is -2.16. The Balaban J connectivity index is 2.07. The fraction of sp³-hybridized carbons (Fsp3) is 0.417. The summed E-state index contributed by atoms with van der Waals surface area (Å²) in [5, 5.41) is 10.9. The van der Waals surface area contributed by atoms with Crippen molar-refractivity contribution in [3.05, 3.63) is 38.9 Å². The monoisotopic (exact) mass is 308 g/mol. The van der Waals surface area contributed by atoms with Crippen LogP contribution in [0.3, 0.4) is 0 Å². The second-order valence-electron chi connectivity index (χ2n) is 4.54. The van der Waals surface area contributed by atoms with Gasteiger partial charge < -0.3 is 0 Å². The van der Waals surface area contributed by atoms with Crippen LogP contribution < -0.4 is 5.56 Å². The molecule has 0 aliphatic heterocycles. The van der Waals surface area contributed by atoms with Crippen molar-refractivity contribution in [1.82, 2.24) is 20.0 Å². The fourth-order valence-corrected chi connectivity index (χ4v) is 3.08. The second-order valence-corrected chi connectivity index (χ2v) is 5.34. The van der Waals surface area contributed by atoms with E-state index in [-0.39, 0.29) is 5.56 Å². The maximum atomic E-state index is 12.2. The lowest BCUT2D eigenvalue weighted by molar-refractivity contribution is 0.669. The van der Waals surface area contributed by atoms with E-state index in [1.807, 2.05) is 0 Å². The van der Waals surface area contributed by atoms with Gasteiger partial charge in [0.05, 0.1) is 5.69 Å². The van der Waals surface area contributed by atoms with Gasteiger partial charge in [0.1, 0.15) is 4.47 Å². The van der Waals surface area contributed by atoms with E-state index in [2.05, 4.69) is 31.2 Å². The van der Waals surface area contributed by atoms with Crippen LogP contribution in [0.15, 0.2) is 27.6 Å². The Kier molecular flexibility index (Phi) is 3.03. The first-order chi connectivity index (χ1) is 8.77. The first-order valence-corrected chi connectivity index (χ1v) is 6.85. The minimum atomic E-state index is -0.0996. The smallest absolute Gasteiger partial charge is 0.287 e. The van der Waals surface area contributed by atoms with Gasteiger partial charge in [-0.25, -0.2) is 0 Å². The van der Waals surface area contributed by atoms with Crippen molar-refractivity contribution >= 4 is 15.9 Å². The summed E-state index contributed by atoms with van der Waals surface area (Å²) in [6, 6.07) is 3.52. The van der Waals surface area contributed by atoms with Crippen LogP contribution in [0, 0.1) is 0 Å². The molecule has 0 amide bonds. The van der Waals surface area contributed by atoms with Crippen LogP contribution in [0.25, 0.3) is 5.82 Å². The molecule has 0 bridgehead atoms. The predicted molar refractivity (Wildman–Crippen MR) is 70.9 cm³/mol. The number of halogens is 1. The lowest BCUT2D eigenvalue weighted by atomic mass is 10.1. The third-order valence-electron chi connectivity index (χ3n) is 3.41. The SMILES string of the molecule is O=c1c(Br)c(C2CCCC2)[nH]n1-c1cccnn1. The summed E-state index contributed by atoms with van der Waals surface area (Å²) < 4.78 is 2.07. The van der Waals surface area contributed by atoms with Gasteiger partial charge in [0.2, 0.25) is 0 Å². The van der Waals surface area contributed by atoms with E-state index >= 15 is 0 Å². The molecule has 1 aliphatic rings. The molecule has 0 atom stereocenters. The zero-order chi connectivity index (χ0) is 12.5. The summed E-state index contributed by atoms with van der Waals surface area (Å²) >= 11 is 3.40. The Bertz CT molecular complexity index is 598. The highest BCUT2D eigenvalue weighted by atomic mass is 79.9. The molecule has 2 aromatic heterocycles. The number of H-pyrrole nitrogens is 1. The van der Waals surface area contributed by atoms with Gasteiger partial charge in [-0.3, -0.25) is 9.89 Å². The topological polar surface area (TPSA) is 63.6 Å². The Morgan fingerprint density at radius 2 is 2.17 bits per heavy atom. The lowest BCUT2D eigenvalue weighted by Gasteiger charge is -2.06. The molecule has 3 rings (SSSR count). The number of hydrogen-bond acceptors (Lipinski definition) is 3. The molecule has 18 heavy (non-hydrogen) atoms. The molecular formula is C12H13BrN4O. The predicted octanol–water partition coefficient (Wildman–Crippen LogP) is 2.38. The molecule has 2 aromatic rings. The molecule has 1 saturated carbocycles. The summed E-state index contributed by atoms with van der Waals surface area (Å²) in [6.45, 7) is 0. The van der Waals surface area contributed by atoms with E-state index in [1.54, 1.807) is 18.3 Å². The van der Waals surface area contributed by atoms with Gasteiger partial charge in [-0.2, -0.15) is 9.78 Å². The van der Waals surface area contributed by atoms with E-state index in [0.29, 0.717) is 16.2 Å². The molecule has 1 aliphatic carbocycles. The van der Waals surface area contributed by atoms with Crippen molar-refractivity contribution in [2.75, 3.05) is 0 Å². The molecule has 0 saturated heterocycles. The summed E-state index contributed by atoms with van der Waals surface area (Å²) in [5.74, 6) is 0.970. The van der Waals surface area contributed by atoms with Gasteiger partial charge in [-0.05, 0) is 40.9 Å². The molecule has 6 heteroatoms. The fourth-order valence-electron chi connectivity index (χ4n) is 2.49. The van der Waals surface area contributed by atoms with Crippen LogP contribution in [-0.4, -0.2) is 20.0 Å². The first kappa shape index (κ1) is 11.6. The maximum absolute atomic E-state index is 12.2. The minimum Gasteiger partial charge on any atom is -0.292 e. The van der Waals surface area contributed by atoms with Crippen LogP contribution in [0.2, 0.25) is 0 Å². The summed E-state index contributed by atoms with van der Waals surface area (Å²) in [5.41, 5.74) is 0.889. The first-order valence-electron chi connectivity index (χ1n) is 6.06. The normalized spacial score (nSPS) is 16.3. The van der Waals surface area contributed by atoms with Gasteiger partial charge in [-0.1, -0.05) is 12.8 Å². The van der Waals surface area contributed by atoms with Crippen molar-refractivity contribution in [1.29, 1.82) is 0 Å². The summed E-state index contributed by atoms with van der Waals surface area (Å²) in [7, 11) is 0. The largest absolute Gasteiger partial charge is 0.292 e. The molecule has 0 unspecified atom stereocenters. The van der Waals surface area contributed by atoms with Crippen LogP contribution in [0.5, 0.6) is 0 Å². The Hall–Kier alpha value is -1.43. The van der Waals surface area contributed by atoms with Gasteiger partial charge in [0.15, 0.2) is 5.82 Å². The molecule has 5 nitrogen and oxygen atoms in total. The quantitative estimate of drug-likeness (QED) is 0.926. The standard InChI is InChI=1S/C12H13BrN4O/c13-10-11(8-4-1-2-5-8)16-17(12(10)18)9-6-3-7-14-15-9/h3,6-8,16H,1-2,4-5H2. The molecule has 0 aromatic carbocycles. The second kappa shape index (κ2) is 4.68. The minimum absolute atomic E-state index is 0.0996. The van der Waals surface area contributed by atoms with E-state index < -0.39 is 0 Å². The highest BCUT2D eigenvalue weighted by Gasteiger charge is 2.24. The van der Waals surface area contributed by atoms with E-state index in [0.717, 1.165) is 18.5 Å². The summed E-state index contributed by atoms with van der Waals surface area (Å²) in [6.07, 6.45) is 6.33. The highest BCUT2D eigenvalue weighted by Crippen LogP contribution is 2.35. The van der Waals surface area contributed by atoms with Crippen molar-refractivity contribution < 1.29 is 0 Å². The molecule has 1 N–H and O–H groups in total. The Morgan fingerprint density at radius 3 is 2.83 bits per heavy atom. The molecular weight excluding hydrogens is 296 g/mol. The number of nitrogens with zero attached hydrogens (tertiary/aromatic N) is 3. The van der Waals surface area contributed by atoms with E-state index in [4.69, 9.17) is 0 Å². The van der Waals surface area contributed by atoms with Crippen LogP contribution >= 0.6 is 15.9 Å². The summed E-state index contributed by atoms with van der Waals surface area (Å²) in [4.78, 5) is 12.2. The molecule has 0 spiro atoms. The Labute approximate surface area is 112 Å². The molecule has 0 radical (unpaired) electrons. The Morgan fingerprint density at radius 1 is 1.39 bits per heavy atom. The zero-order valence-electron chi connectivity index (χ0n) is 9.77. The maximum Gasteiger partial charge on any atom is 0.287 e. The van der Waals surface area contributed by atoms with Gasteiger partial charge >= 0.3 is 0 Å². The number of aromatic amines is 1. The average Bonchev–Trinajstić information content (AvgIpc) is 3.01. The van der Waals surface area contributed by atoms with Crippen molar-refractivity contribution in [2.45, 2.75) is 31.6 Å². The molecule has 1 fully saturated rings. The zero-order valence-corrected chi connectivity index (χ0v) is 11.4. The number of aromatic nitrogens is 4. The third kappa shape index (κ3) is 1.90. The van der Waals surface area contributed by atoms with Crippen LogP contribution in [0.1, 0.15) is 37.3 Å². The number of hydrogen-bond donors (Lipinski definition) is 1. The molecule has 94 valence electrons. The van der Waals surface area contributed by atoms with Crippen LogP contribution in [0.4, 0.5) is 0 Å². The van der Waals surface area contributed by atoms with Gasteiger partial charge in [0, 0.05) is 12.1 Å². The van der Waals surface area contributed by atoms with Gasteiger partial charge in [0.25, 0.3) is 5.56 Å². The number of nitrogens with one attached hydrogen (secondary N) is 1. The highest BCUT2D eigenvalue weighted by molar-refractivity contribution is 9.10. The third-order valence-corrected chi connectivity index (χ3v) is 4.18. The van der Waals surface area contributed by atoms with Gasteiger partial charge in [-0.15, -0.1) is 5.10 Å². The van der Waals surface area contributed by atoms with Crippen LogP contribution in [-0.2, 0) is 0 Å². The van der Waals surface area contributed by atoms with E-state index in [9.17, 15) is 4.79 Å². The van der Waals surface area contributed by atoms with E-state index in [1.165, 1.54) is 17.5 Å². The van der Waals surface area contributed by atoms with Crippen molar-refractivity contribution in [2.24, 2.45) is 0 Å². The molecule has 2 heterocycles. The number of rotatable bonds is 2. The van der Waals surface area contributed by atoms with Crippen molar-refractivity contribution in [3.63, 3.8) is 0 Å². The van der Waals surface area contributed by atoms with Crippen molar-refractivity contribution in [3.8, 4) is 5.82 Å².